The number of sulfonamides is 1. The molecule has 1 aromatic carbocycles. The summed E-state index contributed by atoms with van der Waals surface area (Å²) in [6.07, 6.45) is 2.80. The highest BCUT2D eigenvalue weighted by Gasteiger charge is 2.31. The largest absolute Gasteiger partial charge is 0.351 e. The van der Waals surface area contributed by atoms with Crippen LogP contribution in [0.25, 0.3) is 0 Å². The molecule has 1 atom stereocenters. The van der Waals surface area contributed by atoms with Gasteiger partial charge in [-0.2, -0.15) is 4.31 Å². The van der Waals surface area contributed by atoms with Crippen LogP contribution >= 0.6 is 12.4 Å². The smallest absolute Gasteiger partial charge is 0.251 e. The molecule has 1 aliphatic heterocycles. The quantitative estimate of drug-likeness (QED) is 0.828. The fourth-order valence-corrected chi connectivity index (χ4v) is 4.40. The Morgan fingerprint density at radius 2 is 2.13 bits per heavy atom. The van der Waals surface area contributed by atoms with Gasteiger partial charge in [0.2, 0.25) is 10.0 Å². The highest BCUT2D eigenvalue weighted by Crippen LogP contribution is 2.25. The maximum Gasteiger partial charge on any atom is 0.251 e. The van der Waals surface area contributed by atoms with Gasteiger partial charge in [0.05, 0.1) is 4.90 Å². The van der Waals surface area contributed by atoms with Gasteiger partial charge in [0.15, 0.2) is 0 Å². The van der Waals surface area contributed by atoms with Gasteiger partial charge in [-0.3, -0.25) is 4.79 Å². The van der Waals surface area contributed by atoms with Crippen molar-refractivity contribution in [2.24, 2.45) is 5.73 Å². The van der Waals surface area contributed by atoms with Gasteiger partial charge in [-0.25, -0.2) is 8.42 Å². The first-order chi connectivity index (χ1) is 10.5. The summed E-state index contributed by atoms with van der Waals surface area (Å²) >= 11 is 0. The number of nitrogens with one attached hydrogen (secondary N) is 1. The minimum atomic E-state index is -3.56. The van der Waals surface area contributed by atoms with Crippen molar-refractivity contribution in [3.8, 4) is 0 Å². The standard InChI is InChI=1S/C15H23N3O3S.ClH/c1-12-5-2-3-10-18(12)22(20,21)14-7-4-6-13(11-14)15(19)17-9-8-16;/h4,6-7,11-12H,2-3,5,8-10,16H2,1H3,(H,17,19);1H. The van der Waals surface area contributed by atoms with Crippen molar-refractivity contribution in [2.75, 3.05) is 19.6 Å². The van der Waals surface area contributed by atoms with E-state index in [1.54, 1.807) is 12.1 Å². The summed E-state index contributed by atoms with van der Waals surface area (Å²) in [4.78, 5) is 12.1. The van der Waals surface area contributed by atoms with E-state index in [1.165, 1.54) is 16.4 Å². The maximum atomic E-state index is 12.8. The molecule has 3 N–H and O–H groups in total. The molecular formula is C15H24ClN3O3S. The minimum absolute atomic E-state index is 0. The Morgan fingerprint density at radius 3 is 2.78 bits per heavy atom. The third-order valence-corrected chi connectivity index (χ3v) is 5.88. The molecule has 8 heteroatoms. The van der Waals surface area contributed by atoms with Crippen LogP contribution in [0.15, 0.2) is 29.2 Å². The third-order valence-electron chi connectivity index (χ3n) is 3.87. The second kappa shape index (κ2) is 8.63. The Balaban J connectivity index is 0.00000264. The van der Waals surface area contributed by atoms with E-state index in [1.807, 2.05) is 6.92 Å². The first-order valence-electron chi connectivity index (χ1n) is 7.57. The SMILES string of the molecule is CC1CCCCN1S(=O)(=O)c1cccc(C(=O)NCCN)c1.Cl. The van der Waals surface area contributed by atoms with Crippen molar-refractivity contribution in [1.82, 2.24) is 9.62 Å². The van der Waals surface area contributed by atoms with Crippen LogP contribution in [0.4, 0.5) is 0 Å². The Labute approximate surface area is 143 Å². The second-order valence-electron chi connectivity index (χ2n) is 5.53. The van der Waals surface area contributed by atoms with E-state index in [0.717, 1.165) is 19.3 Å². The van der Waals surface area contributed by atoms with Crippen molar-refractivity contribution < 1.29 is 13.2 Å². The molecule has 130 valence electrons. The van der Waals surface area contributed by atoms with Gasteiger partial charge in [-0.1, -0.05) is 12.5 Å². The molecule has 1 saturated heterocycles. The number of piperidine rings is 1. The predicted molar refractivity (Wildman–Crippen MR) is 92.3 cm³/mol. The molecule has 0 aromatic heterocycles. The molecule has 0 radical (unpaired) electrons. The fourth-order valence-electron chi connectivity index (χ4n) is 2.65. The number of carbonyl (C=O) groups is 1. The van der Waals surface area contributed by atoms with E-state index in [4.69, 9.17) is 5.73 Å². The summed E-state index contributed by atoms with van der Waals surface area (Å²) in [7, 11) is -3.56. The highest BCUT2D eigenvalue weighted by molar-refractivity contribution is 7.89. The monoisotopic (exact) mass is 361 g/mol. The van der Waals surface area contributed by atoms with Crippen molar-refractivity contribution >= 4 is 28.3 Å². The van der Waals surface area contributed by atoms with E-state index in [9.17, 15) is 13.2 Å². The van der Waals surface area contributed by atoms with Crippen molar-refractivity contribution in [1.29, 1.82) is 0 Å². The van der Waals surface area contributed by atoms with Crippen LogP contribution < -0.4 is 11.1 Å². The summed E-state index contributed by atoms with van der Waals surface area (Å²) in [6, 6.07) is 6.16. The number of hydrogen-bond acceptors (Lipinski definition) is 4. The molecular weight excluding hydrogens is 338 g/mol. The Hall–Kier alpha value is -1.15. The molecule has 0 aliphatic carbocycles. The molecule has 1 aliphatic rings. The summed E-state index contributed by atoms with van der Waals surface area (Å²) in [5.74, 6) is -0.311. The van der Waals surface area contributed by atoms with E-state index in [-0.39, 0.29) is 29.3 Å². The number of amides is 1. The van der Waals surface area contributed by atoms with Crippen LogP contribution in [0.3, 0.4) is 0 Å². The summed E-state index contributed by atoms with van der Waals surface area (Å²) < 4.78 is 27.1. The number of hydrogen-bond donors (Lipinski definition) is 2. The Kier molecular flexibility index (Phi) is 7.47. The fraction of sp³-hybridized carbons (Fsp3) is 0.533. The van der Waals surface area contributed by atoms with E-state index in [2.05, 4.69) is 5.32 Å². The van der Waals surface area contributed by atoms with Crippen LogP contribution in [-0.4, -0.2) is 44.3 Å². The van der Waals surface area contributed by atoms with Gasteiger partial charge in [-0.05, 0) is 38.0 Å². The predicted octanol–water partition coefficient (Wildman–Crippen LogP) is 1.36. The zero-order valence-electron chi connectivity index (χ0n) is 13.2. The highest BCUT2D eigenvalue weighted by atomic mass is 35.5. The number of nitrogens with two attached hydrogens (primary N) is 1. The summed E-state index contributed by atoms with van der Waals surface area (Å²) in [5.41, 5.74) is 5.68. The van der Waals surface area contributed by atoms with Gasteiger partial charge >= 0.3 is 0 Å². The molecule has 23 heavy (non-hydrogen) atoms. The molecule has 1 aromatic rings. The average molecular weight is 362 g/mol. The second-order valence-corrected chi connectivity index (χ2v) is 7.42. The van der Waals surface area contributed by atoms with Crippen LogP contribution in [0.1, 0.15) is 36.5 Å². The van der Waals surface area contributed by atoms with Gasteiger partial charge in [0.25, 0.3) is 5.91 Å². The van der Waals surface area contributed by atoms with Crippen LogP contribution in [0.5, 0.6) is 0 Å². The summed E-state index contributed by atoms with van der Waals surface area (Å²) in [5, 5.41) is 2.64. The molecule has 1 amide bonds. The van der Waals surface area contributed by atoms with Gasteiger partial charge in [0, 0.05) is 31.2 Å². The topological polar surface area (TPSA) is 92.5 Å². The van der Waals surface area contributed by atoms with Gasteiger partial charge < -0.3 is 11.1 Å². The normalized spacial score (nSPS) is 19.0. The zero-order valence-corrected chi connectivity index (χ0v) is 14.8. The first-order valence-corrected chi connectivity index (χ1v) is 9.01. The third kappa shape index (κ3) is 4.67. The molecule has 1 unspecified atom stereocenters. The number of rotatable bonds is 5. The Bertz CT molecular complexity index is 637. The zero-order chi connectivity index (χ0) is 16.2. The van der Waals surface area contributed by atoms with E-state index in [0.29, 0.717) is 25.2 Å². The molecule has 2 rings (SSSR count). The average Bonchev–Trinajstić information content (AvgIpc) is 2.53. The van der Waals surface area contributed by atoms with Gasteiger partial charge in [0.1, 0.15) is 0 Å². The van der Waals surface area contributed by atoms with E-state index >= 15 is 0 Å². The number of benzene rings is 1. The van der Waals surface area contributed by atoms with Crippen LogP contribution in [0.2, 0.25) is 0 Å². The molecule has 6 nitrogen and oxygen atoms in total. The summed E-state index contributed by atoms with van der Waals surface area (Å²) in [6.45, 7) is 3.16. The minimum Gasteiger partial charge on any atom is -0.351 e. The lowest BCUT2D eigenvalue weighted by molar-refractivity contribution is 0.0954. The Morgan fingerprint density at radius 1 is 1.39 bits per heavy atom. The lowest BCUT2D eigenvalue weighted by atomic mass is 10.1. The van der Waals surface area contributed by atoms with Crippen molar-refractivity contribution in [3.63, 3.8) is 0 Å². The van der Waals surface area contributed by atoms with Crippen LogP contribution in [-0.2, 0) is 10.0 Å². The molecule has 1 heterocycles. The first kappa shape index (κ1) is 19.9. The molecule has 0 saturated carbocycles. The van der Waals surface area contributed by atoms with Crippen molar-refractivity contribution in [3.05, 3.63) is 29.8 Å². The number of nitrogens with zero attached hydrogens (tertiary/aromatic N) is 1. The van der Waals surface area contributed by atoms with Crippen molar-refractivity contribution in [2.45, 2.75) is 37.1 Å². The number of halogens is 1. The lowest BCUT2D eigenvalue weighted by Crippen LogP contribution is -2.42. The molecule has 0 bridgehead atoms. The van der Waals surface area contributed by atoms with Gasteiger partial charge in [-0.15, -0.1) is 12.4 Å². The number of carbonyl (C=O) groups excluding carboxylic acids is 1. The molecule has 1 fully saturated rings. The lowest BCUT2D eigenvalue weighted by Gasteiger charge is -2.32. The molecule has 0 spiro atoms. The van der Waals surface area contributed by atoms with Crippen LogP contribution in [0, 0.1) is 0 Å². The maximum absolute atomic E-state index is 12.8. The van der Waals surface area contributed by atoms with E-state index < -0.39 is 10.0 Å².